The minimum Gasteiger partial charge on any atom is -0.497 e. The number of piperidine rings is 1. The Labute approximate surface area is 144 Å². The highest BCUT2D eigenvalue weighted by molar-refractivity contribution is 5.45. The monoisotopic (exact) mass is 287 g/mol. The Hall–Kier alpha value is -1.02. The number of likely N-dealkylation sites (N-methyl/N-ethyl adjacent to an activating group) is 1. The second kappa shape index (κ2) is 4.49. The summed E-state index contributed by atoms with van der Waals surface area (Å²) in [7, 11) is -2.92. The SMILES string of the molecule is [2H]C([2H])([2H])Oc1ccc2c(c1)[C@@]13CCN(C([2H])([2H])[2H])[C@@]([2H])(C2)[C@@]1([2H])C([2H])([2H])C([2H])([2H])C([2H])([2H])C3([2H])[2H]. The van der Waals surface area contributed by atoms with Crippen molar-refractivity contribution >= 4 is 0 Å². The molecular weight excluding hydrogens is 246 g/mol. The molecule has 1 heterocycles. The zero-order valence-corrected chi connectivity index (χ0v) is 10.7. The largest absolute Gasteiger partial charge is 0.497 e. The number of nitrogens with zero attached hydrogens (tertiary/aromatic N) is 1. The van der Waals surface area contributed by atoms with E-state index in [0.717, 1.165) is 6.07 Å². The van der Waals surface area contributed by atoms with Crippen molar-refractivity contribution in [2.45, 2.75) is 49.8 Å². The van der Waals surface area contributed by atoms with E-state index in [4.69, 9.17) is 23.9 Å². The van der Waals surface area contributed by atoms with Crippen molar-refractivity contribution in [1.82, 2.24) is 4.90 Å². The van der Waals surface area contributed by atoms with Crippen LogP contribution >= 0.6 is 0 Å². The number of methoxy groups -OCH3 is 1. The molecule has 0 unspecified atom stereocenters. The number of ether oxygens (including phenoxy) is 1. The first-order chi connectivity index (χ1) is 15.9. The van der Waals surface area contributed by atoms with Gasteiger partial charge in [-0.2, -0.15) is 0 Å². The van der Waals surface area contributed by atoms with Gasteiger partial charge >= 0.3 is 0 Å². The van der Waals surface area contributed by atoms with Crippen molar-refractivity contribution in [2.75, 3.05) is 20.6 Å². The molecule has 0 radical (unpaired) electrons. The summed E-state index contributed by atoms with van der Waals surface area (Å²) in [6.07, 6.45) is -15.4. The zero-order valence-electron chi connectivity index (χ0n) is 26.7. The Morgan fingerprint density at radius 3 is 3.40 bits per heavy atom. The van der Waals surface area contributed by atoms with E-state index >= 15 is 0 Å². The molecular formula is C18H25NO. The van der Waals surface area contributed by atoms with Crippen LogP contribution in [0.15, 0.2) is 18.2 Å². The fraction of sp³-hybridized carbons (Fsp3) is 0.667. The highest BCUT2D eigenvalue weighted by Crippen LogP contribution is 2.55. The average molecular weight is 288 g/mol. The van der Waals surface area contributed by atoms with Crippen molar-refractivity contribution in [3.63, 3.8) is 0 Å². The quantitative estimate of drug-likeness (QED) is 0.785. The smallest absolute Gasteiger partial charge is 0.119 e. The van der Waals surface area contributed by atoms with Gasteiger partial charge in [0.15, 0.2) is 0 Å². The van der Waals surface area contributed by atoms with Crippen LogP contribution in [-0.4, -0.2) is 31.5 Å². The van der Waals surface area contributed by atoms with Crippen molar-refractivity contribution in [1.29, 1.82) is 0 Å². The summed E-state index contributed by atoms with van der Waals surface area (Å²) >= 11 is 0. The van der Waals surface area contributed by atoms with E-state index in [-0.39, 0.29) is 16.9 Å². The molecule has 0 amide bonds. The number of rotatable bonds is 1. The van der Waals surface area contributed by atoms with E-state index in [9.17, 15) is 2.74 Å². The van der Waals surface area contributed by atoms with Crippen LogP contribution in [0.25, 0.3) is 0 Å². The number of hydrogen-bond acceptors (Lipinski definition) is 2. The summed E-state index contributed by atoms with van der Waals surface area (Å²) in [5.74, 6) is -3.50. The second-order valence-electron chi connectivity index (χ2n) is 5.23. The Kier molecular flexibility index (Phi) is 0.955. The molecule has 1 aromatic rings. The fourth-order valence-electron chi connectivity index (χ4n) is 3.33. The van der Waals surface area contributed by atoms with E-state index in [1.54, 1.807) is 0 Å². The van der Waals surface area contributed by atoms with Crippen LogP contribution in [0.3, 0.4) is 0 Å². The molecule has 2 aliphatic carbocycles. The third-order valence-corrected chi connectivity index (χ3v) is 4.29. The number of benzene rings is 1. The van der Waals surface area contributed by atoms with E-state index in [1.807, 2.05) is 0 Å². The molecule has 20 heavy (non-hydrogen) atoms. The molecule has 4 rings (SSSR count). The summed E-state index contributed by atoms with van der Waals surface area (Å²) in [6, 6.07) is 0.796. The Bertz CT molecular complexity index is 1100. The Morgan fingerprint density at radius 1 is 1.50 bits per heavy atom. The van der Waals surface area contributed by atoms with Gasteiger partial charge in [0.05, 0.1) is 11.2 Å². The summed E-state index contributed by atoms with van der Waals surface area (Å²) in [5, 5.41) is 0. The van der Waals surface area contributed by atoms with Crippen LogP contribution in [0.1, 0.15) is 65.0 Å². The first kappa shape index (κ1) is 4.25. The molecule has 1 aliphatic heterocycles. The van der Waals surface area contributed by atoms with Gasteiger partial charge in [0.2, 0.25) is 0 Å². The predicted octanol–water partition coefficient (Wildman–Crippen LogP) is 3.38. The first-order valence-corrected chi connectivity index (χ1v) is 6.47. The van der Waals surface area contributed by atoms with Crippen LogP contribution in [0.2, 0.25) is 0 Å². The molecule has 2 nitrogen and oxygen atoms in total. The van der Waals surface area contributed by atoms with Crippen molar-refractivity contribution in [3.8, 4) is 5.75 Å². The summed E-state index contributed by atoms with van der Waals surface area (Å²) < 4.78 is 139. The molecule has 2 bridgehead atoms. The minimum atomic E-state index is -3.66. The molecule has 3 atom stereocenters. The van der Waals surface area contributed by atoms with E-state index in [0.29, 0.717) is 4.90 Å². The lowest BCUT2D eigenvalue weighted by molar-refractivity contribution is 0.00274. The van der Waals surface area contributed by atoms with Gasteiger partial charge in [-0.1, -0.05) is 18.8 Å². The van der Waals surface area contributed by atoms with Crippen molar-refractivity contribution in [3.05, 3.63) is 29.3 Å². The molecule has 1 aromatic carbocycles. The third-order valence-electron chi connectivity index (χ3n) is 4.29. The van der Waals surface area contributed by atoms with Crippen LogP contribution < -0.4 is 4.74 Å². The van der Waals surface area contributed by atoms with E-state index in [2.05, 4.69) is 0 Å². The highest BCUT2D eigenvalue weighted by atomic mass is 16.5. The number of likely N-dealkylation sites (tertiary alicyclic amines) is 1. The molecule has 0 spiro atoms. The molecule has 108 valence electrons. The molecule has 2 heteroatoms. The average Bonchev–Trinajstić information content (AvgIpc) is 2.66. The third kappa shape index (κ3) is 1.60. The Balaban J connectivity index is 2.18. The first-order valence-electron chi connectivity index (χ1n) is 14.5. The van der Waals surface area contributed by atoms with E-state index < -0.39 is 76.2 Å². The fourth-order valence-corrected chi connectivity index (χ4v) is 3.33. The summed E-state index contributed by atoms with van der Waals surface area (Å²) in [4.78, 5) is 0.589. The zero-order chi connectivity index (χ0) is 27.8. The molecule has 2 fully saturated rings. The van der Waals surface area contributed by atoms with Crippen LogP contribution in [0.5, 0.6) is 5.75 Å². The lowest BCUT2D eigenvalue weighted by atomic mass is 9.52. The highest BCUT2D eigenvalue weighted by Gasteiger charge is 2.53. The number of fused-ring (bicyclic) bond motifs is 1. The molecule has 1 saturated carbocycles. The van der Waals surface area contributed by atoms with Gasteiger partial charge in [0.1, 0.15) is 5.75 Å². The maximum Gasteiger partial charge on any atom is 0.119 e. The molecule has 0 N–H and O–H groups in total. The van der Waals surface area contributed by atoms with Gasteiger partial charge in [-0.15, -0.1) is 0 Å². The van der Waals surface area contributed by atoms with Gasteiger partial charge in [0, 0.05) is 29.3 Å². The van der Waals surface area contributed by atoms with Gasteiger partial charge in [0.25, 0.3) is 0 Å². The van der Waals surface area contributed by atoms with Gasteiger partial charge in [-0.3, -0.25) is 0 Å². The summed E-state index contributed by atoms with van der Waals surface area (Å²) in [5.41, 5.74) is -2.69. The van der Waals surface area contributed by atoms with Crippen LogP contribution in [0, 0.1) is 5.89 Å². The maximum atomic E-state index is 9.51. The number of hydrogen-bond donors (Lipinski definition) is 0. The van der Waals surface area contributed by atoms with Crippen LogP contribution in [-0.2, 0) is 11.8 Å². The lowest BCUT2D eigenvalue weighted by Crippen LogP contribution is -2.59. The van der Waals surface area contributed by atoms with Gasteiger partial charge in [-0.25, -0.2) is 0 Å². The Morgan fingerprint density at radius 2 is 2.50 bits per heavy atom. The van der Waals surface area contributed by atoms with Crippen molar-refractivity contribution in [2.24, 2.45) is 5.89 Å². The summed E-state index contributed by atoms with van der Waals surface area (Å²) in [6.45, 7) is -3.57. The van der Waals surface area contributed by atoms with Crippen molar-refractivity contribution < 1.29 is 26.7 Å². The van der Waals surface area contributed by atoms with Gasteiger partial charge in [-0.05, 0) is 68.3 Å². The van der Waals surface area contributed by atoms with E-state index in [1.165, 1.54) is 12.1 Å². The van der Waals surface area contributed by atoms with Crippen LogP contribution in [0.4, 0.5) is 0 Å². The maximum absolute atomic E-state index is 9.51. The molecule has 0 aromatic heterocycles. The van der Waals surface area contributed by atoms with Gasteiger partial charge < -0.3 is 9.64 Å². The predicted molar refractivity (Wildman–Crippen MR) is 81.4 cm³/mol. The minimum absolute atomic E-state index is 0.0950. The molecule has 1 saturated heterocycles. The standard InChI is InChI=1S/C18H25NO/c1-19-10-9-18-8-4-3-5-15(18)17(19)11-13-6-7-14(20-2)12-16(13)18/h6-7,12,15,17H,3-5,8-11H2,1-2H3/t15-,17+,18+/m1/s1/i1D3,2D3,3D2,4D2,5D2,8D2,15D,17D. The second-order valence-corrected chi connectivity index (χ2v) is 5.23. The normalized spacial score (nSPS) is 66.6. The molecule has 3 aliphatic rings. The lowest BCUT2D eigenvalue weighted by Gasteiger charge is -2.58. The topological polar surface area (TPSA) is 12.5 Å².